The summed E-state index contributed by atoms with van der Waals surface area (Å²) in [5, 5.41) is 0. The van der Waals surface area contributed by atoms with Crippen LogP contribution in [0.25, 0.3) is 0 Å². The van der Waals surface area contributed by atoms with E-state index in [-0.39, 0.29) is 0 Å². The molecule has 2 aliphatic rings. The molecule has 0 bridgehead atoms. The first-order valence-corrected chi connectivity index (χ1v) is 10.2. The van der Waals surface area contributed by atoms with Crippen LogP contribution in [0.15, 0.2) is 74.6 Å². The monoisotopic (exact) mass is 312 g/mol. The fraction of sp³-hybridized carbons (Fsp3) is 0.278. The van der Waals surface area contributed by atoms with E-state index < -0.39 is 14.3 Å². The van der Waals surface area contributed by atoms with Crippen LogP contribution in [0.1, 0.15) is 27.7 Å². The molecule has 1 aliphatic carbocycles. The Morgan fingerprint density at radius 1 is 0.842 bits per heavy atom. The van der Waals surface area contributed by atoms with Crippen LogP contribution in [0.3, 0.4) is 0 Å². The molecule has 0 fully saturated rings. The van der Waals surface area contributed by atoms with Crippen LogP contribution in [-0.2, 0) is 0 Å². The van der Waals surface area contributed by atoms with E-state index >= 15 is 0 Å². The minimum Gasteiger partial charge on any atom is -0.214 e. The molecule has 0 nitrogen and oxygen atoms in total. The van der Waals surface area contributed by atoms with Crippen molar-refractivity contribution in [3.8, 4) is 0 Å². The zero-order valence-electron chi connectivity index (χ0n) is 12.3. The fourth-order valence-corrected chi connectivity index (χ4v) is 9.73. The average molecular weight is 311 g/mol. The molecule has 0 atom stereocenters. The number of allylic oxidation sites excluding steroid dienone is 8. The van der Waals surface area contributed by atoms with Gasteiger partial charge < -0.3 is 0 Å². The van der Waals surface area contributed by atoms with E-state index in [0.717, 1.165) is 4.75 Å². The first-order valence-electron chi connectivity index (χ1n) is 6.87. The maximum absolute atomic E-state index is 2.38. The topological polar surface area (TPSA) is 0 Å². The molecule has 99 valence electrons. The maximum Gasteiger partial charge on any atom is -0.172 e. The Labute approximate surface area is 121 Å². The molecule has 1 aliphatic heterocycles. The van der Waals surface area contributed by atoms with Gasteiger partial charge in [0.05, 0.1) is 0 Å². The van der Waals surface area contributed by atoms with E-state index in [2.05, 4.69) is 52.0 Å². The van der Waals surface area contributed by atoms with Crippen molar-refractivity contribution in [2.24, 2.45) is 0 Å². The number of hydrogen-bond acceptors (Lipinski definition) is 0. The van der Waals surface area contributed by atoms with E-state index in [9.17, 15) is 0 Å². The van der Waals surface area contributed by atoms with Crippen molar-refractivity contribution in [1.82, 2.24) is 0 Å². The summed E-state index contributed by atoms with van der Waals surface area (Å²) < 4.78 is 4.21. The summed E-state index contributed by atoms with van der Waals surface area (Å²) in [4.78, 5) is 0. The molecular weight excluding hydrogens is 289 g/mol. The number of rotatable bonds is 1. The average Bonchev–Trinajstić information content (AvgIpc) is 3.13. The smallest absolute Gasteiger partial charge is 0.172 e. The molecule has 0 N–H and O–H groups in total. The van der Waals surface area contributed by atoms with Crippen LogP contribution in [0.4, 0.5) is 0 Å². The van der Waals surface area contributed by atoms with Crippen LogP contribution in [0, 0.1) is 0 Å². The molecule has 0 spiro atoms. The Kier molecular flexibility index (Phi) is 4.76. The Bertz CT molecular complexity index is 485. The van der Waals surface area contributed by atoms with Crippen LogP contribution >= 0.6 is 0 Å². The van der Waals surface area contributed by atoms with E-state index in [4.69, 9.17) is 0 Å². The molecular formula is C18H22Ge-. The van der Waals surface area contributed by atoms with Gasteiger partial charge in [-0.05, 0) is 0 Å². The van der Waals surface area contributed by atoms with E-state index in [1.54, 1.807) is 20.0 Å². The Balaban J connectivity index is 0.000000224. The molecule has 0 unspecified atom stereocenters. The molecule has 19 heavy (non-hydrogen) atoms. The van der Waals surface area contributed by atoms with E-state index in [0.29, 0.717) is 0 Å². The second kappa shape index (κ2) is 6.34. The van der Waals surface area contributed by atoms with Gasteiger partial charge in [-0.25, -0.2) is 12.1 Å². The van der Waals surface area contributed by atoms with Crippen LogP contribution in [-0.4, -0.2) is 14.3 Å². The van der Waals surface area contributed by atoms with E-state index in [1.165, 1.54) is 0 Å². The van der Waals surface area contributed by atoms with Crippen molar-refractivity contribution in [3.63, 3.8) is 0 Å². The van der Waals surface area contributed by atoms with Crippen LogP contribution < -0.4 is 0 Å². The summed E-state index contributed by atoms with van der Waals surface area (Å²) >= 11 is -1.15. The zero-order valence-corrected chi connectivity index (χ0v) is 14.4. The normalized spacial score (nSPS) is 19.4. The third kappa shape index (κ3) is 3.06. The van der Waals surface area contributed by atoms with Gasteiger partial charge >= 0.3 is 91.1 Å². The summed E-state index contributed by atoms with van der Waals surface area (Å²) in [6.45, 7) is 9.28. The van der Waals surface area contributed by atoms with Gasteiger partial charge in [0.2, 0.25) is 0 Å². The van der Waals surface area contributed by atoms with Gasteiger partial charge in [0.15, 0.2) is 0 Å². The predicted octanol–water partition coefficient (Wildman–Crippen LogP) is 5.15. The second-order valence-electron chi connectivity index (χ2n) is 5.17. The molecule has 0 saturated carbocycles. The summed E-state index contributed by atoms with van der Waals surface area (Å²) in [5.74, 6) is 0. The van der Waals surface area contributed by atoms with Gasteiger partial charge in [0.25, 0.3) is 0 Å². The van der Waals surface area contributed by atoms with Gasteiger partial charge in [-0.1, -0.05) is 0 Å². The SMILES string of the molecule is CC1=[C](C)[Ge]([CH]2C=CC=C2)[C](C)=C1C.c1cc[cH-]c1. The summed E-state index contributed by atoms with van der Waals surface area (Å²) in [6.07, 6.45) is 9.17. The minimum atomic E-state index is -1.15. The molecule has 1 heteroatoms. The van der Waals surface area contributed by atoms with Crippen molar-refractivity contribution in [2.45, 2.75) is 32.4 Å². The van der Waals surface area contributed by atoms with Crippen LogP contribution in [0.2, 0.25) is 4.75 Å². The summed E-state index contributed by atoms with van der Waals surface area (Å²) in [7, 11) is 0. The van der Waals surface area contributed by atoms with Crippen molar-refractivity contribution in [2.75, 3.05) is 0 Å². The second-order valence-corrected chi connectivity index (χ2v) is 11.5. The maximum atomic E-state index is 2.38. The van der Waals surface area contributed by atoms with Crippen molar-refractivity contribution < 1.29 is 0 Å². The van der Waals surface area contributed by atoms with Gasteiger partial charge in [-0.3, -0.25) is 0 Å². The standard InChI is InChI=1S/C13H17Ge.C5H5/c1-9-10(2)12(4)14(11(9)3)13-7-5-6-8-13;1-2-4-5-3-1/h5-8,13H,1-4H3;1-5H/q;-1. The quantitative estimate of drug-likeness (QED) is 0.497. The zero-order chi connectivity index (χ0) is 13.8. The third-order valence-corrected chi connectivity index (χ3v) is 11.3. The van der Waals surface area contributed by atoms with Gasteiger partial charge in [-0.2, -0.15) is 18.2 Å². The van der Waals surface area contributed by atoms with Crippen molar-refractivity contribution in [1.29, 1.82) is 0 Å². The molecule has 1 radical (unpaired) electrons. The Morgan fingerprint density at radius 2 is 1.32 bits per heavy atom. The largest absolute Gasteiger partial charge is 0.214 e. The first kappa shape index (κ1) is 14.3. The van der Waals surface area contributed by atoms with Gasteiger partial charge in [0.1, 0.15) is 0 Å². The molecule has 1 aromatic rings. The Hall–Kier alpha value is -1.15. The first-order chi connectivity index (χ1) is 9.13. The third-order valence-electron chi connectivity index (χ3n) is 4.13. The molecule has 0 amide bonds. The molecule has 0 saturated heterocycles. The molecule has 1 aromatic carbocycles. The molecule has 0 aromatic heterocycles. The van der Waals surface area contributed by atoms with Gasteiger partial charge in [0, 0.05) is 0 Å². The predicted molar refractivity (Wildman–Crippen MR) is 86.6 cm³/mol. The van der Waals surface area contributed by atoms with Gasteiger partial charge in [-0.15, -0.1) is 0 Å². The molecule has 1 heterocycles. The summed E-state index contributed by atoms with van der Waals surface area (Å²) in [6, 6.07) is 10.0. The molecule has 3 rings (SSSR count). The van der Waals surface area contributed by atoms with Crippen molar-refractivity contribution >= 4 is 14.3 Å². The summed E-state index contributed by atoms with van der Waals surface area (Å²) in [5.41, 5.74) is 3.15. The van der Waals surface area contributed by atoms with Crippen molar-refractivity contribution in [3.05, 3.63) is 74.6 Å². The Morgan fingerprint density at radius 3 is 1.68 bits per heavy atom. The minimum absolute atomic E-state index is 0.766. The number of hydrogen-bond donors (Lipinski definition) is 0. The van der Waals surface area contributed by atoms with Crippen LogP contribution in [0.5, 0.6) is 0 Å². The van der Waals surface area contributed by atoms with E-state index in [1.807, 2.05) is 30.3 Å². The fourth-order valence-electron chi connectivity index (χ4n) is 2.69.